The third kappa shape index (κ3) is 4.72. The first-order chi connectivity index (χ1) is 14.0. The summed E-state index contributed by atoms with van der Waals surface area (Å²) < 4.78 is 25.1. The predicted octanol–water partition coefficient (Wildman–Crippen LogP) is 4.53. The van der Waals surface area contributed by atoms with Gasteiger partial charge >= 0.3 is 0 Å². The van der Waals surface area contributed by atoms with Gasteiger partial charge in [0, 0.05) is 17.7 Å². The number of imidazole rings is 1. The van der Waals surface area contributed by atoms with E-state index >= 15 is 0 Å². The van der Waals surface area contributed by atoms with Crippen molar-refractivity contribution in [3.8, 4) is 22.6 Å². The standard InChI is InChI=1S/C23H23N3O2S/c1-29(27,28)24-16-17-12-14-20(15-13-17)23-25-21(18-8-4-2-5-9-18)22(26-23)19-10-6-3-7-11-19/h2-6,8-10,12-15,24H,7,11,16H2,1H3,(H,25,26). The molecule has 0 bridgehead atoms. The summed E-state index contributed by atoms with van der Waals surface area (Å²) in [5.74, 6) is 0.803. The zero-order valence-corrected chi connectivity index (χ0v) is 17.0. The third-order valence-corrected chi connectivity index (χ3v) is 5.52. The van der Waals surface area contributed by atoms with E-state index in [1.165, 1.54) is 5.57 Å². The van der Waals surface area contributed by atoms with Gasteiger partial charge in [-0.25, -0.2) is 18.1 Å². The number of hydrogen-bond acceptors (Lipinski definition) is 3. The topological polar surface area (TPSA) is 74.8 Å². The van der Waals surface area contributed by atoms with Gasteiger partial charge in [-0.15, -0.1) is 0 Å². The number of allylic oxidation sites excluding steroid dienone is 4. The van der Waals surface area contributed by atoms with Crippen molar-refractivity contribution in [2.45, 2.75) is 19.4 Å². The van der Waals surface area contributed by atoms with Crippen molar-refractivity contribution in [1.29, 1.82) is 0 Å². The molecule has 0 unspecified atom stereocenters. The van der Waals surface area contributed by atoms with E-state index in [0.29, 0.717) is 0 Å². The second kappa shape index (κ2) is 8.19. The molecule has 3 aromatic rings. The number of nitrogens with one attached hydrogen (secondary N) is 2. The van der Waals surface area contributed by atoms with Gasteiger partial charge in [-0.2, -0.15) is 0 Å². The van der Waals surface area contributed by atoms with Crippen LogP contribution in [0.1, 0.15) is 24.1 Å². The van der Waals surface area contributed by atoms with E-state index in [1.54, 1.807) is 0 Å². The molecule has 2 N–H and O–H groups in total. The first-order valence-corrected chi connectivity index (χ1v) is 11.4. The van der Waals surface area contributed by atoms with Gasteiger partial charge in [-0.05, 0) is 24.0 Å². The van der Waals surface area contributed by atoms with Crippen molar-refractivity contribution < 1.29 is 8.42 Å². The summed E-state index contributed by atoms with van der Waals surface area (Å²) in [6.07, 6.45) is 9.58. The van der Waals surface area contributed by atoms with Crippen molar-refractivity contribution in [2.75, 3.05) is 6.26 Å². The molecule has 1 aliphatic carbocycles. The fraction of sp³-hybridized carbons (Fsp3) is 0.174. The van der Waals surface area contributed by atoms with Gasteiger partial charge in [0.2, 0.25) is 10.0 Å². The molecule has 0 aliphatic heterocycles. The number of H-pyrrole nitrogens is 1. The Labute approximate surface area is 171 Å². The summed E-state index contributed by atoms with van der Waals surface area (Å²) in [6.45, 7) is 0.275. The molecule has 0 saturated carbocycles. The highest BCUT2D eigenvalue weighted by molar-refractivity contribution is 7.88. The van der Waals surface area contributed by atoms with Gasteiger partial charge in [0.15, 0.2) is 0 Å². The summed E-state index contributed by atoms with van der Waals surface area (Å²) in [4.78, 5) is 8.43. The number of sulfonamides is 1. The molecule has 4 rings (SSSR count). The average molecular weight is 406 g/mol. The van der Waals surface area contributed by atoms with Crippen LogP contribution >= 0.6 is 0 Å². The van der Waals surface area contributed by atoms with E-state index in [4.69, 9.17) is 4.98 Å². The fourth-order valence-corrected chi connectivity index (χ4v) is 3.78. The van der Waals surface area contributed by atoms with Crippen molar-refractivity contribution in [3.63, 3.8) is 0 Å². The second-order valence-corrected chi connectivity index (χ2v) is 8.96. The molecule has 5 nitrogen and oxygen atoms in total. The molecular weight excluding hydrogens is 382 g/mol. The molecule has 0 radical (unpaired) electrons. The van der Waals surface area contributed by atoms with Gasteiger partial charge in [0.1, 0.15) is 5.82 Å². The zero-order chi connectivity index (χ0) is 20.3. The molecule has 29 heavy (non-hydrogen) atoms. The summed E-state index contributed by atoms with van der Waals surface area (Å²) in [6, 6.07) is 17.9. The van der Waals surface area contributed by atoms with Crippen molar-refractivity contribution >= 4 is 15.6 Å². The van der Waals surface area contributed by atoms with E-state index < -0.39 is 10.0 Å². The largest absolute Gasteiger partial charge is 0.338 e. The highest BCUT2D eigenvalue weighted by Gasteiger charge is 2.17. The van der Waals surface area contributed by atoms with Crippen LogP contribution in [0.15, 0.2) is 72.8 Å². The molecule has 0 spiro atoms. The Hall–Kier alpha value is -2.96. The SMILES string of the molecule is CS(=O)(=O)NCc1ccc(-c2nc(-c3ccccc3)c(C3=CC=CCC3)[nH]2)cc1. The molecule has 1 heterocycles. The number of rotatable bonds is 6. The van der Waals surface area contributed by atoms with E-state index in [1.807, 2.05) is 42.5 Å². The lowest BCUT2D eigenvalue weighted by Gasteiger charge is -2.09. The van der Waals surface area contributed by atoms with Crippen LogP contribution in [0.5, 0.6) is 0 Å². The molecule has 148 valence electrons. The molecule has 0 amide bonds. The molecule has 6 heteroatoms. The normalized spacial score (nSPS) is 14.0. The lowest BCUT2D eigenvalue weighted by molar-refractivity contribution is 0.587. The fourth-order valence-electron chi connectivity index (χ4n) is 3.35. The van der Waals surface area contributed by atoms with Crippen molar-refractivity contribution in [1.82, 2.24) is 14.7 Å². The maximum atomic E-state index is 11.3. The maximum absolute atomic E-state index is 11.3. The van der Waals surface area contributed by atoms with Gasteiger partial charge in [-0.1, -0.05) is 72.8 Å². The molecular formula is C23H23N3O2S. The number of nitrogens with zero attached hydrogens (tertiary/aromatic N) is 1. The first-order valence-electron chi connectivity index (χ1n) is 9.55. The minimum absolute atomic E-state index is 0.275. The smallest absolute Gasteiger partial charge is 0.209 e. The lowest BCUT2D eigenvalue weighted by atomic mass is 9.98. The summed E-state index contributed by atoms with van der Waals surface area (Å²) in [5.41, 5.74) is 6.19. The Kier molecular flexibility index (Phi) is 5.47. The monoisotopic (exact) mass is 405 g/mol. The number of benzene rings is 2. The van der Waals surface area contributed by atoms with Gasteiger partial charge in [0.05, 0.1) is 17.6 Å². The van der Waals surface area contributed by atoms with Crippen LogP contribution in [0.25, 0.3) is 28.2 Å². The summed E-state index contributed by atoms with van der Waals surface area (Å²) in [5, 5.41) is 0. The van der Waals surface area contributed by atoms with Crippen LogP contribution in [0.2, 0.25) is 0 Å². The van der Waals surface area contributed by atoms with Gasteiger partial charge in [0.25, 0.3) is 0 Å². The second-order valence-electron chi connectivity index (χ2n) is 7.12. The van der Waals surface area contributed by atoms with Crippen molar-refractivity contribution in [3.05, 3.63) is 84.1 Å². The van der Waals surface area contributed by atoms with E-state index in [2.05, 4.69) is 40.1 Å². The van der Waals surface area contributed by atoms with E-state index in [0.717, 1.165) is 53.0 Å². The number of hydrogen-bond donors (Lipinski definition) is 2. The predicted molar refractivity (Wildman–Crippen MR) is 117 cm³/mol. The molecule has 0 fully saturated rings. The van der Waals surface area contributed by atoms with E-state index in [9.17, 15) is 8.42 Å². The Balaban J connectivity index is 1.68. The Bertz CT molecular complexity index is 1160. The highest BCUT2D eigenvalue weighted by atomic mass is 32.2. The maximum Gasteiger partial charge on any atom is 0.209 e. The van der Waals surface area contributed by atoms with Crippen LogP contribution in [-0.2, 0) is 16.6 Å². The van der Waals surface area contributed by atoms with Crippen LogP contribution in [0, 0.1) is 0 Å². The highest BCUT2D eigenvalue weighted by Crippen LogP contribution is 2.33. The van der Waals surface area contributed by atoms with Gasteiger partial charge < -0.3 is 4.98 Å². The number of aromatic amines is 1. The minimum Gasteiger partial charge on any atom is -0.338 e. The van der Waals surface area contributed by atoms with Gasteiger partial charge in [-0.3, -0.25) is 0 Å². The molecule has 0 atom stereocenters. The Morgan fingerprint density at radius 3 is 2.45 bits per heavy atom. The van der Waals surface area contributed by atoms with Crippen LogP contribution in [0.4, 0.5) is 0 Å². The average Bonchev–Trinajstić information content (AvgIpc) is 3.19. The zero-order valence-electron chi connectivity index (χ0n) is 16.2. The van der Waals surface area contributed by atoms with Crippen molar-refractivity contribution in [2.24, 2.45) is 0 Å². The molecule has 1 aliphatic rings. The van der Waals surface area contributed by atoms with Crippen LogP contribution < -0.4 is 4.72 Å². The first kappa shape index (κ1) is 19.4. The lowest BCUT2D eigenvalue weighted by Crippen LogP contribution is -2.21. The minimum atomic E-state index is -3.21. The Morgan fingerprint density at radius 1 is 1.03 bits per heavy atom. The molecule has 1 aromatic heterocycles. The molecule has 0 saturated heterocycles. The molecule has 2 aromatic carbocycles. The summed E-state index contributed by atoms with van der Waals surface area (Å²) >= 11 is 0. The van der Waals surface area contributed by atoms with Crippen LogP contribution in [0.3, 0.4) is 0 Å². The number of aromatic nitrogens is 2. The summed E-state index contributed by atoms with van der Waals surface area (Å²) in [7, 11) is -3.21. The van der Waals surface area contributed by atoms with E-state index in [-0.39, 0.29) is 6.54 Å². The third-order valence-electron chi connectivity index (χ3n) is 4.85. The van der Waals surface area contributed by atoms with Crippen LogP contribution in [-0.4, -0.2) is 24.6 Å². The Morgan fingerprint density at radius 2 is 1.79 bits per heavy atom. The quantitative estimate of drug-likeness (QED) is 0.633.